The van der Waals surface area contributed by atoms with Crippen LogP contribution < -0.4 is 5.32 Å². The third kappa shape index (κ3) is 1.84. The highest BCUT2D eigenvalue weighted by Gasteiger charge is 2.38. The summed E-state index contributed by atoms with van der Waals surface area (Å²) < 4.78 is 8.78. The maximum atomic E-state index is 5.64. The highest BCUT2D eigenvalue weighted by atomic mass is 79.9. The lowest BCUT2D eigenvalue weighted by atomic mass is 9.96. The van der Waals surface area contributed by atoms with Crippen LogP contribution in [0.5, 0.6) is 0 Å². The second-order valence-corrected chi connectivity index (χ2v) is 5.65. The first-order chi connectivity index (χ1) is 8.63. The molecular formula is C12H15BrN4O. The predicted molar refractivity (Wildman–Crippen MR) is 72.6 cm³/mol. The predicted octanol–water partition coefficient (Wildman–Crippen LogP) is 1.49. The van der Waals surface area contributed by atoms with Gasteiger partial charge in [0.15, 0.2) is 5.65 Å². The van der Waals surface area contributed by atoms with Gasteiger partial charge in [-0.2, -0.15) is 0 Å². The van der Waals surface area contributed by atoms with Crippen LogP contribution >= 0.6 is 15.9 Å². The van der Waals surface area contributed by atoms with Crippen molar-refractivity contribution in [1.82, 2.24) is 19.9 Å². The van der Waals surface area contributed by atoms with Gasteiger partial charge in [-0.3, -0.25) is 0 Å². The molecule has 18 heavy (non-hydrogen) atoms. The van der Waals surface area contributed by atoms with Crippen molar-refractivity contribution in [2.75, 3.05) is 20.2 Å². The molecule has 0 saturated carbocycles. The normalized spacial score (nSPS) is 17.9. The number of imidazole rings is 1. The number of aryl methyl sites for hydroxylation is 1. The highest BCUT2D eigenvalue weighted by Crippen LogP contribution is 2.24. The van der Waals surface area contributed by atoms with E-state index in [0.717, 1.165) is 41.1 Å². The Morgan fingerprint density at radius 2 is 2.33 bits per heavy atom. The number of aromatic nitrogens is 3. The molecule has 0 radical (unpaired) electrons. The molecule has 1 fully saturated rings. The topological polar surface area (TPSA) is 52.0 Å². The smallest absolute Gasteiger partial charge is 0.177 e. The van der Waals surface area contributed by atoms with Gasteiger partial charge in [-0.15, -0.1) is 0 Å². The lowest BCUT2D eigenvalue weighted by molar-refractivity contribution is -0.0628. The van der Waals surface area contributed by atoms with Crippen molar-refractivity contribution in [2.45, 2.75) is 19.1 Å². The van der Waals surface area contributed by atoms with Crippen molar-refractivity contribution in [3.05, 3.63) is 22.6 Å². The molecule has 0 aliphatic carbocycles. The SMILES string of the molecule is COC1(Cn2c(C)nc3ncc(Br)cc32)CNC1. The summed E-state index contributed by atoms with van der Waals surface area (Å²) in [7, 11) is 1.77. The van der Waals surface area contributed by atoms with Crippen molar-refractivity contribution in [3.8, 4) is 0 Å². The zero-order valence-electron chi connectivity index (χ0n) is 10.4. The summed E-state index contributed by atoms with van der Waals surface area (Å²) in [5, 5.41) is 3.26. The van der Waals surface area contributed by atoms with Crippen LogP contribution in [0.15, 0.2) is 16.7 Å². The lowest BCUT2D eigenvalue weighted by Crippen LogP contribution is -2.62. The van der Waals surface area contributed by atoms with Crippen LogP contribution in [0.3, 0.4) is 0 Å². The van der Waals surface area contributed by atoms with Gasteiger partial charge in [0.25, 0.3) is 0 Å². The molecule has 5 nitrogen and oxygen atoms in total. The first-order valence-electron chi connectivity index (χ1n) is 5.88. The largest absolute Gasteiger partial charge is 0.374 e. The van der Waals surface area contributed by atoms with Crippen molar-refractivity contribution in [3.63, 3.8) is 0 Å². The Labute approximate surface area is 114 Å². The first-order valence-corrected chi connectivity index (χ1v) is 6.67. The molecule has 1 saturated heterocycles. The van der Waals surface area contributed by atoms with Gasteiger partial charge in [-0.1, -0.05) is 0 Å². The maximum Gasteiger partial charge on any atom is 0.177 e. The van der Waals surface area contributed by atoms with Crippen LogP contribution in [0.25, 0.3) is 11.2 Å². The van der Waals surface area contributed by atoms with Gasteiger partial charge in [-0.05, 0) is 28.9 Å². The highest BCUT2D eigenvalue weighted by molar-refractivity contribution is 9.10. The number of fused-ring (bicyclic) bond motifs is 1. The van der Waals surface area contributed by atoms with Gasteiger partial charge in [-0.25, -0.2) is 9.97 Å². The molecule has 6 heteroatoms. The number of ether oxygens (including phenoxy) is 1. The van der Waals surface area contributed by atoms with Crippen molar-refractivity contribution < 1.29 is 4.74 Å². The Morgan fingerprint density at radius 3 is 2.94 bits per heavy atom. The molecule has 2 aromatic rings. The Kier molecular flexibility index (Phi) is 2.88. The van der Waals surface area contributed by atoms with E-state index in [1.165, 1.54) is 0 Å². The first kappa shape index (κ1) is 12.1. The van der Waals surface area contributed by atoms with Crippen LogP contribution in [0.2, 0.25) is 0 Å². The molecule has 0 amide bonds. The van der Waals surface area contributed by atoms with Crippen LogP contribution in [0.4, 0.5) is 0 Å². The summed E-state index contributed by atoms with van der Waals surface area (Å²) >= 11 is 3.46. The monoisotopic (exact) mass is 310 g/mol. The van der Waals surface area contributed by atoms with Crippen LogP contribution in [-0.2, 0) is 11.3 Å². The van der Waals surface area contributed by atoms with E-state index in [-0.39, 0.29) is 5.60 Å². The molecular weight excluding hydrogens is 296 g/mol. The third-order valence-electron chi connectivity index (χ3n) is 3.54. The third-order valence-corrected chi connectivity index (χ3v) is 3.97. The zero-order chi connectivity index (χ0) is 12.8. The lowest BCUT2D eigenvalue weighted by Gasteiger charge is -2.41. The Balaban J connectivity index is 2.05. The number of nitrogens with one attached hydrogen (secondary N) is 1. The molecule has 1 aliphatic rings. The van der Waals surface area contributed by atoms with Crippen molar-refractivity contribution in [2.24, 2.45) is 0 Å². The average molecular weight is 311 g/mol. The molecule has 96 valence electrons. The van der Waals surface area contributed by atoms with Gasteiger partial charge in [0, 0.05) is 30.9 Å². The standard InChI is InChI=1S/C12H15BrN4O/c1-8-16-11-10(3-9(13)4-15-11)17(8)7-12(18-2)5-14-6-12/h3-4,14H,5-7H2,1-2H3. The minimum absolute atomic E-state index is 0.110. The van der Waals surface area contributed by atoms with Crippen molar-refractivity contribution in [1.29, 1.82) is 0 Å². The fourth-order valence-electron chi connectivity index (χ4n) is 2.31. The molecule has 1 N–H and O–H groups in total. The van der Waals surface area contributed by atoms with Gasteiger partial charge in [0.2, 0.25) is 0 Å². The number of hydrogen-bond donors (Lipinski definition) is 1. The Morgan fingerprint density at radius 1 is 1.56 bits per heavy atom. The van der Waals surface area contributed by atoms with E-state index in [2.05, 4.69) is 41.8 Å². The van der Waals surface area contributed by atoms with E-state index in [0.29, 0.717) is 0 Å². The summed E-state index contributed by atoms with van der Waals surface area (Å²) in [4.78, 5) is 8.81. The molecule has 1 aliphatic heterocycles. The molecule has 0 atom stereocenters. The van der Waals surface area contributed by atoms with E-state index in [1.807, 2.05) is 6.92 Å². The van der Waals surface area contributed by atoms with Gasteiger partial charge in [0.1, 0.15) is 11.4 Å². The summed E-state index contributed by atoms with van der Waals surface area (Å²) in [6, 6.07) is 2.05. The van der Waals surface area contributed by atoms with Crippen molar-refractivity contribution >= 4 is 27.1 Å². The second-order valence-electron chi connectivity index (χ2n) is 4.73. The molecule has 0 bridgehead atoms. The second kappa shape index (κ2) is 4.29. The van der Waals surface area contributed by atoms with E-state index in [1.54, 1.807) is 13.3 Å². The number of halogens is 1. The summed E-state index contributed by atoms with van der Waals surface area (Å²) in [6.45, 7) is 4.57. The minimum atomic E-state index is -0.110. The fourth-order valence-corrected chi connectivity index (χ4v) is 2.63. The number of hydrogen-bond acceptors (Lipinski definition) is 4. The number of methoxy groups -OCH3 is 1. The maximum absolute atomic E-state index is 5.64. The molecule has 2 aromatic heterocycles. The number of pyridine rings is 1. The molecule has 0 aromatic carbocycles. The molecule has 0 spiro atoms. The Bertz CT molecular complexity index is 586. The van der Waals surface area contributed by atoms with E-state index < -0.39 is 0 Å². The van der Waals surface area contributed by atoms with Crippen LogP contribution in [0, 0.1) is 6.92 Å². The minimum Gasteiger partial charge on any atom is -0.374 e. The quantitative estimate of drug-likeness (QED) is 0.933. The van der Waals surface area contributed by atoms with E-state index >= 15 is 0 Å². The molecule has 3 rings (SSSR count). The molecule has 3 heterocycles. The summed E-state index contributed by atoms with van der Waals surface area (Å²) in [5.74, 6) is 0.971. The number of nitrogens with zero attached hydrogens (tertiary/aromatic N) is 3. The van der Waals surface area contributed by atoms with Crippen LogP contribution in [-0.4, -0.2) is 40.3 Å². The van der Waals surface area contributed by atoms with Gasteiger partial charge >= 0.3 is 0 Å². The fraction of sp³-hybridized carbons (Fsp3) is 0.500. The molecule has 0 unspecified atom stereocenters. The van der Waals surface area contributed by atoms with Gasteiger partial charge in [0.05, 0.1) is 12.1 Å². The summed E-state index contributed by atoms with van der Waals surface area (Å²) in [5.41, 5.74) is 1.72. The Hall–Kier alpha value is -0.980. The zero-order valence-corrected chi connectivity index (χ0v) is 12.0. The average Bonchev–Trinajstić information content (AvgIpc) is 2.60. The van der Waals surface area contributed by atoms with E-state index in [4.69, 9.17) is 4.74 Å². The summed E-state index contributed by atoms with van der Waals surface area (Å²) in [6.07, 6.45) is 1.77. The van der Waals surface area contributed by atoms with Crippen LogP contribution in [0.1, 0.15) is 5.82 Å². The van der Waals surface area contributed by atoms with E-state index in [9.17, 15) is 0 Å². The van der Waals surface area contributed by atoms with Gasteiger partial charge < -0.3 is 14.6 Å². The number of rotatable bonds is 3.